The maximum Gasteiger partial charge on any atom is 0.255 e. The summed E-state index contributed by atoms with van der Waals surface area (Å²) in [5.41, 5.74) is 0.726. The Morgan fingerprint density at radius 1 is 1.00 bits per heavy atom. The first kappa shape index (κ1) is 19.1. The highest BCUT2D eigenvalue weighted by molar-refractivity contribution is 6.04. The number of hydrogen-bond acceptors (Lipinski definition) is 5. The van der Waals surface area contributed by atoms with Crippen molar-refractivity contribution in [2.75, 3.05) is 12.4 Å². The Hall–Kier alpha value is -4.20. The standard InChI is InChI=1S/C22H17FN4O3/c1-29-19-9-4-15(14-18(19)23)22(28)24-16-5-7-17(8-6-16)30-21-11-10-20(25-26-21)27-12-2-3-13-27/h2-14H,1H3,(H,24,28). The van der Waals surface area contributed by atoms with Gasteiger partial charge in [-0.3, -0.25) is 4.79 Å². The van der Waals surface area contributed by atoms with Gasteiger partial charge in [0, 0.05) is 29.7 Å². The molecule has 4 rings (SSSR count). The normalized spacial score (nSPS) is 10.5. The van der Waals surface area contributed by atoms with Gasteiger partial charge in [-0.05, 0) is 60.7 Å². The molecule has 0 spiro atoms. The minimum Gasteiger partial charge on any atom is -0.494 e. The second-order valence-corrected chi connectivity index (χ2v) is 6.25. The maximum atomic E-state index is 13.8. The molecule has 0 fully saturated rings. The zero-order valence-corrected chi connectivity index (χ0v) is 15.9. The molecule has 0 saturated heterocycles. The van der Waals surface area contributed by atoms with E-state index in [1.807, 2.05) is 29.1 Å². The maximum absolute atomic E-state index is 13.8. The van der Waals surface area contributed by atoms with Crippen molar-refractivity contribution in [1.82, 2.24) is 14.8 Å². The van der Waals surface area contributed by atoms with Crippen molar-refractivity contribution in [2.45, 2.75) is 0 Å². The molecule has 0 bridgehead atoms. The molecule has 0 aliphatic heterocycles. The summed E-state index contributed by atoms with van der Waals surface area (Å²) in [4.78, 5) is 12.3. The van der Waals surface area contributed by atoms with Gasteiger partial charge in [0.15, 0.2) is 17.4 Å². The molecule has 150 valence electrons. The molecule has 8 heteroatoms. The number of halogens is 1. The van der Waals surface area contributed by atoms with Crippen LogP contribution in [0.1, 0.15) is 10.4 Å². The third-order valence-electron chi connectivity index (χ3n) is 4.24. The molecule has 0 aliphatic rings. The fourth-order valence-electron chi connectivity index (χ4n) is 2.73. The van der Waals surface area contributed by atoms with Gasteiger partial charge in [0.05, 0.1) is 7.11 Å². The Labute approximate surface area is 171 Å². The molecule has 0 saturated carbocycles. The van der Waals surface area contributed by atoms with Crippen molar-refractivity contribution in [2.24, 2.45) is 0 Å². The number of benzene rings is 2. The molecule has 1 amide bonds. The van der Waals surface area contributed by atoms with Crippen molar-refractivity contribution in [1.29, 1.82) is 0 Å². The summed E-state index contributed by atoms with van der Waals surface area (Å²) in [5.74, 6) is 0.607. The third kappa shape index (κ3) is 4.27. The van der Waals surface area contributed by atoms with E-state index < -0.39 is 11.7 Å². The van der Waals surface area contributed by atoms with Crippen LogP contribution in [0, 0.1) is 5.82 Å². The van der Waals surface area contributed by atoms with E-state index >= 15 is 0 Å². The summed E-state index contributed by atoms with van der Waals surface area (Å²) in [7, 11) is 1.37. The molecule has 0 aliphatic carbocycles. The van der Waals surface area contributed by atoms with Crippen LogP contribution >= 0.6 is 0 Å². The lowest BCUT2D eigenvalue weighted by Crippen LogP contribution is -2.12. The van der Waals surface area contributed by atoms with E-state index in [1.54, 1.807) is 36.4 Å². The highest BCUT2D eigenvalue weighted by atomic mass is 19.1. The Morgan fingerprint density at radius 2 is 1.77 bits per heavy atom. The molecule has 2 heterocycles. The molecule has 0 unspecified atom stereocenters. The van der Waals surface area contributed by atoms with Crippen LogP contribution in [0.5, 0.6) is 17.4 Å². The van der Waals surface area contributed by atoms with E-state index in [-0.39, 0.29) is 11.3 Å². The number of hydrogen-bond donors (Lipinski definition) is 1. The van der Waals surface area contributed by atoms with Gasteiger partial charge >= 0.3 is 0 Å². The van der Waals surface area contributed by atoms with Gasteiger partial charge in [0.1, 0.15) is 5.75 Å². The molecule has 4 aromatic rings. The first-order chi connectivity index (χ1) is 14.6. The van der Waals surface area contributed by atoms with Gasteiger partial charge in [0.25, 0.3) is 5.91 Å². The number of aromatic nitrogens is 3. The van der Waals surface area contributed by atoms with E-state index in [0.717, 1.165) is 6.07 Å². The molecule has 7 nitrogen and oxygen atoms in total. The molecular formula is C22H17FN4O3. The molecule has 2 aromatic heterocycles. The summed E-state index contributed by atoms with van der Waals surface area (Å²) in [6.45, 7) is 0. The van der Waals surface area contributed by atoms with Crippen LogP contribution in [-0.4, -0.2) is 27.8 Å². The van der Waals surface area contributed by atoms with Crippen LogP contribution in [0.3, 0.4) is 0 Å². The largest absolute Gasteiger partial charge is 0.494 e. The van der Waals surface area contributed by atoms with Crippen molar-refractivity contribution >= 4 is 11.6 Å². The van der Waals surface area contributed by atoms with Crippen molar-refractivity contribution < 1.29 is 18.7 Å². The number of rotatable bonds is 6. The molecule has 0 radical (unpaired) electrons. The van der Waals surface area contributed by atoms with E-state index in [1.165, 1.54) is 19.2 Å². The number of ether oxygens (including phenoxy) is 2. The average Bonchev–Trinajstić information content (AvgIpc) is 3.30. The summed E-state index contributed by atoms with van der Waals surface area (Å²) in [6, 6.07) is 18.1. The van der Waals surface area contributed by atoms with Crippen LogP contribution in [0.4, 0.5) is 10.1 Å². The van der Waals surface area contributed by atoms with Gasteiger partial charge in [-0.1, -0.05) is 0 Å². The number of nitrogens with zero attached hydrogens (tertiary/aromatic N) is 3. The number of carbonyl (C=O) groups is 1. The van der Waals surface area contributed by atoms with Crippen LogP contribution in [0.25, 0.3) is 5.82 Å². The monoisotopic (exact) mass is 404 g/mol. The number of anilines is 1. The summed E-state index contributed by atoms with van der Waals surface area (Å²) < 4.78 is 26.1. The predicted molar refractivity (Wildman–Crippen MR) is 109 cm³/mol. The summed E-state index contributed by atoms with van der Waals surface area (Å²) in [5, 5.41) is 10.9. The van der Waals surface area contributed by atoms with Gasteiger partial charge in [-0.2, -0.15) is 0 Å². The van der Waals surface area contributed by atoms with Crippen molar-refractivity contribution in [3.63, 3.8) is 0 Å². The third-order valence-corrected chi connectivity index (χ3v) is 4.24. The van der Waals surface area contributed by atoms with E-state index in [0.29, 0.717) is 23.1 Å². The van der Waals surface area contributed by atoms with Crippen molar-refractivity contribution in [3.05, 3.63) is 90.5 Å². The fraction of sp³-hybridized carbons (Fsp3) is 0.0455. The molecular weight excluding hydrogens is 387 g/mol. The van der Waals surface area contributed by atoms with Gasteiger partial charge in [0.2, 0.25) is 5.88 Å². The predicted octanol–water partition coefficient (Wildman–Crippen LogP) is 4.46. The van der Waals surface area contributed by atoms with Gasteiger partial charge in [-0.25, -0.2) is 4.39 Å². The first-order valence-electron chi connectivity index (χ1n) is 9.02. The Kier molecular flexibility index (Phi) is 5.38. The highest BCUT2D eigenvalue weighted by Gasteiger charge is 2.11. The summed E-state index contributed by atoms with van der Waals surface area (Å²) >= 11 is 0. The smallest absolute Gasteiger partial charge is 0.255 e. The minimum absolute atomic E-state index is 0.0811. The van der Waals surface area contributed by atoms with Crippen LogP contribution in [0.15, 0.2) is 79.1 Å². The molecule has 2 aromatic carbocycles. The van der Waals surface area contributed by atoms with Gasteiger partial charge < -0.3 is 19.4 Å². The number of nitrogens with one attached hydrogen (secondary N) is 1. The number of carbonyl (C=O) groups excluding carboxylic acids is 1. The SMILES string of the molecule is COc1ccc(C(=O)Nc2ccc(Oc3ccc(-n4cccc4)nn3)cc2)cc1F. The lowest BCUT2D eigenvalue weighted by atomic mass is 10.2. The van der Waals surface area contributed by atoms with Crippen molar-refractivity contribution in [3.8, 4) is 23.2 Å². The Balaban J connectivity index is 1.39. The van der Waals surface area contributed by atoms with E-state index in [9.17, 15) is 9.18 Å². The summed E-state index contributed by atoms with van der Waals surface area (Å²) in [6.07, 6.45) is 3.75. The molecule has 0 atom stereocenters. The zero-order valence-electron chi connectivity index (χ0n) is 15.9. The quantitative estimate of drug-likeness (QED) is 0.513. The zero-order chi connectivity index (χ0) is 20.9. The average molecular weight is 404 g/mol. The van der Waals surface area contributed by atoms with Gasteiger partial charge in [-0.15, -0.1) is 10.2 Å². The number of amides is 1. The van der Waals surface area contributed by atoms with E-state index in [4.69, 9.17) is 9.47 Å². The molecule has 1 N–H and O–H groups in total. The van der Waals surface area contributed by atoms with Crippen LogP contribution in [-0.2, 0) is 0 Å². The highest BCUT2D eigenvalue weighted by Crippen LogP contribution is 2.23. The lowest BCUT2D eigenvalue weighted by Gasteiger charge is -2.09. The lowest BCUT2D eigenvalue weighted by molar-refractivity contribution is 0.102. The Bertz CT molecular complexity index is 1140. The molecule has 30 heavy (non-hydrogen) atoms. The topological polar surface area (TPSA) is 78.3 Å². The van der Waals surface area contributed by atoms with Crippen LogP contribution < -0.4 is 14.8 Å². The second-order valence-electron chi connectivity index (χ2n) is 6.25. The number of methoxy groups -OCH3 is 1. The Morgan fingerprint density at radius 3 is 2.40 bits per heavy atom. The van der Waals surface area contributed by atoms with Crippen LogP contribution in [0.2, 0.25) is 0 Å². The second kappa shape index (κ2) is 8.44. The first-order valence-corrected chi connectivity index (χ1v) is 9.02. The van der Waals surface area contributed by atoms with E-state index in [2.05, 4.69) is 15.5 Å². The fourth-order valence-corrected chi connectivity index (χ4v) is 2.73. The minimum atomic E-state index is -0.599.